The van der Waals surface area contributed by atoms with Crippen molar-refractivity contribution in [1.29, 1.82) is 0 Å². The standard InChI is InChI=1S/C10H8F3NO3/c1-17-7(15)4-14-10(16)5-2-3-6(11)9(13)8(5)12/h2-3H,4H2,1H3,(H,14,16). The predicted octanol–water partition coefficient (Wildman–Crippen LogP) is 1.01. The molecular weight excluding hydrogens is 239 g/mol. The minimum absolute atomic E-state index is 0.492. The average Bonchev–Trinajstić information content (AvgIpc) is 2.32. The van der Waals surface area contributed by atoms with Gasteiger partial charge in [-0.2, -0.15) is 0 Å². The first kappa shape index (κ1) is 13.0. The van der Waals surface area contributed by atoms with E-state index in [-0.39, 0.29) is 0 Å². The summed E-state index contributed by atoms with van der Waals surface area (Å²) in [6.07, 6.45) is 0. The first-order valence-corrected chi connectivity index (χ1v) is 4.46. The number of halogens is 3. The monoisotopic (exact) mass is 247 g/mol. The van der Waals surface area contributed by atoms with Crippen LogP contribution in [0.15, 0.2) is 12.1 Å². The van der Waals surface area contributed by atoms with E-state index in [1.807, 2.05) is 5.32 Å². The second-order valence-electron chi connectivity index (χ2n) is 2.98. The van der Waals surface area contributed by atoms with Crippen molar-refractivity contribution in [1.82, 2.24) is 5.32 Å². The lowest BCUT2D eigenvalue weighted by atomic mass is 10.2. The summed E-state index contributed by atoms with van der Waals surface area (Å²) in [5, 5.41) is 1.99. The van der Waals surface area contributed by atoms with Gasteiger partial charge in [0.2, 0.25) is 0 Å². The van der Waals surface area contributed by atoms with Gasteiger partial charge in [-0.05, 0) is 12.1 Å². The average molecular weight is 247 g/mol. The predicted molar refractivity (Wildman–Crippen MR) is 50.7 cm³/mol. The topological polar surface area (TPSA) is 55.4 Å². The highest BCUT2D eigenvalue weighted by Gasteiger charge is 2.19. The molecule has 0 unspecified atom stereocenters. The van der Waals surface area contributed by atoms with E-state index in [0.717, 1.165) is 13.2 Å². The minimum atomic E-state index is -1.74. The lowest BCUT2D eigenvalue weighted by molar-refractivity contribution is -0.139. The van der Waals surface area contributed by atoms with Crippen molar-refractivity contribution >= 4 is 11.9 Å². The zero-order chi connectivity index (χ0) is 13.0. The van der Waals surface area contributed by atoms with Crippen molar-refractivity contribution < 1.29 is 27.5 Å². The second kappa shape index (κ2) is 5.33. The van der Waals surface area contributed by atoms with Crippen LogP contribution in [0.3, 0.4) is 0 Å². The molecule has 17 heavy (non-hydrogen) atoms. The lowest BCUT2D eigenvalue weighted by Crippen LogP contribution is -2.31. The Kier molecular flexibility index (Phi) is 4.08. The van der Waals surface area contributed by atoms with Crippen LogP contribution in [0, 0.1) is 17.5 Å². The Morgan fingerprint density at radius 3 is 2.47 bits per heavy atom. The fourth-order valence-corrected chi connectivity index (χ4v) is 1.02. The molecule has 7 heteroatoms. The number of amides is 1. The van der Waals surface area contributed by atoms with E-state index in [0.29, 0.717) is 6.07 Å². The largest absolute Gasteiger partial charge is 0.468 e. The van der Waals surface area contributed by atoms with E-state index in [1.165, 1.54) is 0 Å². The third-order valence-electron chi connectivity index (χ3n) is 1.90. The van der Waals surface area contributed by atoms with Crippen molar-refractivity contribution in [3.8, 4) is 0 Å². The molecular formula is C10H8F3NO3. The van der Waals surface area contributed by atoms with E-state index < -0.39 is 41.4 Å². The van der Waals surface area contributed by atoms with E-state index in [4.69, 9.17) is 0 Å². The number of carbonyl (C=O) groups excluding carboxylic acids is 2. The molecule has 0 radical (unpaired) electrons. The van der Waals surface area contributed by atoms with Crippen LogP contribution in [-0.2, 0) is 9.53 Å². The van der Waals surface area contributed by atoms with Crippen molar-refractivity contribution in [2.24, 2.45) is 0 Å². The van der Waals surface area contributed by atoms with Gasteiger partial charge >= 0.3 is 5.97 Å². The molecule has 0 aliphatic rings. The summed E-state index contributed by atoms with van der Waals surface area (Å²) in [6, 6.07) is 1.39. The minimum Gasteiger partial charge on any atom is -0.468 e. The second-order valence-corrected chi connectivity index (χ2v) is 2.98. The fraction of sp³-hybridized carbons (Fsp3) is 0.200. The Labute approximate surface area is 94.4 Å². The number of ether oxygens (including phenoxy) is 1. The fourth-order valence-electron chi connectivity index (χ4n) is 1.02. The molecule has 0 aromatic heterocycles. The summed E-state index contributed by atoms with van der Waals surface area (Å²) in [5.74, 6) is -6.52. The van der Waals surface area contributed by atoms with Crippen LogP contribution in [0.4, 0.5) is 13.2 Å². The van der Waals surface area contributed by atoms with Crippen molar-refractivity contribution in [3.05, 3.63) is 35.1 Å². The summed E-state index contributed by atoms with van der Waals surface area (Å²) in [6.45, 7) is -0.492. The first-order valence-electron chi connectivity index (χ1n) is 4.46. The Balaban J connectivity index is 2.83. The molecule has 0 saturated carbocycles. The van der Waals surface area contributed by atoms with Gasteiger partial charge in [-0.25, -0.2) is 13.2 Å². The molecule has 0 spiro atoms. The van der Waals surface area contributed by atoms with Crippen LogP contribution in [0.2, 0.25) is 0 Å². The maximum Gasteiger partial charge on any atom is 0.325 e. The van der Waals surface area contributed by atoms with Gasteiger partial charge in [-0.1, -0.05) is 0 Å². The van der Waals surface area contributed by atoms with Gasteiger partial charge in [0.1, 0.15) is 6.54 Å². The maximum absolute atomic E-state index is 13.1. The Morgan fingerprint density at radius 2 is 1.88 bits per heavy atom. The number of nitrogens with one attached hydrogen (secondary N) is 1. The summed E-state index contributed by atoms with van der Waals surface area (Å²) >= 11 is 0. The number of rotatable bonds is 3. The lowest BCUT2D eigenvalue weighted by Gasteiger charge is -2.05. The van der Waals surface area contributed by atoms with Gasteiger partial charge in [0.25, 0.3) is 5.91 Å². The zero-order valence-corrected chi connectivity index (χ0v) is 8.72. The van der Waals surface area contributed by atoms with E-state index in [2.05, 4.69) is 4.74 Å². The molecule has 4 nitrogen and oxygen atoms in total. The summed E-state index contributed by atoms with van der Waals surface area (Å²) in [7, 11) is 1.10. The first-order chi connectivity index (χ1) is 7.97. The van der Waals surface area contributed by atoms with Crippen LogP contribution >= 0.6 is 0 Å². The van der Waals surface area contributed by atoms with Crippen LogP contribution in [0.1, 0.15) is 10.4 Å². The van der Waals surface area contributed by atoms with E-state index in [9.17, 15) is 22.8 Å². The van der Waals surface area contributed by atoms with Crippen LogP contribution in [0.25, 0.3) is 0 Å². The van der Waals surface area contributed by atoms with Gasteiger partial charge in [-0.15, -0.1) is 0 Å². The molecule has 0 saturated heterocycles. The molecule has 1 N–H and O–H groups in total. The molecule has 0 bridgehead atoms. The Morgan fingerprint density at radius 1 is 1.24 bits per heavy atom. The maximum atomic E-state index is 13.1. The molecule has 0 aliphatic carbocycles. The number of esters is 1. The van der Waals surface area contributed by atoms with E-state index >= 15 is 0 Å². The highest BCUT2D eigenvalue weighted by Crippen LogP contribution is 2.14. The smallest absolute Gasteiger partial charge is 0.325 e. The number of benzene rings is 1. The van der Waals surface area contributed by atoms with Gasteiger partial charge in [0, 0.05) is 0 Å². The number of hydrogen-bond acceptors (Lipinski definition) is 3. The van der Waals surface area contributed by atoms with E-state index in [1.54, 1.807) is 0 Å². The number of methoxy groups -OCH3 is 1. The van der Waals surface area contributed by atoms with Crippen LogP contribution in [0.5, 0.6) is 0 Å². The third-order valence-corrected chi connectivity index (χ3v) is 1.90. The van der Waals surface area contributed by atoms with Gasteiger partial charge < -0.3 is 10.1 Å². The Hall–Kier alpha value is -2.05. The molecule has 1 aromatic carbocycles. The van der Waals surface area contributed by atoms with Crippen LogP contribution < -0.4 is 5.32 Å². The normalized spacial score (nSPS) is 9.88. The van der Waals surface area contributed by atoms with Crippen molar-refractivity contribution in [2.75, 3.05) is 13.7 Å². The van der Waals surface area contributed by atoms with Crippen LogP contribution in [-0.4, -0.2) is 25.5 Å². The summed E-state index contributed by atoms with van der Waals surface area (Å²) in [5.41, 5.74) is -0.687. The molecule has 0 aliphatic heterocycles. The molecule has 1 aromatic rings. The molecule has 0 atom stereocenters. The highest BCUT2D eigenvalue weighted by atomic mass is 19.2. The summed E-state index contributed by atoms with van der Waals surface area (Å²) in [4.78, 5) is 22.0. The molecule has 0 heterocycles. The zero-order valence-electron chi connectivity index (χ0n) is 8.72. The Bertz CT molecular complexity index is 462. The molecule has 92 valence electrons. The SMILES string of the molecule is COC(=O)CNC(=O)c1ccc(F)c(F)c1F. The number of hydrogen-bond donors (Lipinski definition) is 1. The summed E-state index contributed by atoms with van der Waals surface area (Å²) < 4.78 is 42.7. The van der Waals surface area contributed by atoms with Gasteiger partial charge in [0.05, 0.1) is 12.7 Å². The van der Waals surface area contributed by atoms with Gasteiger partial charge in [0.15, 0.2) is 17.5 Å². The third kappa shape index (κ3) is 2.96. The highest BCUT2D eigenvalue weighted by molar-refractivity contribution is 5.96. The molecule has 0 fully saturated rings. The molecule has 1 amide bonds. The van der Waals surface area contributed by atoms with Crippen molar-refractivity contribution in [3.63, 3.8) is 0 Å². The molecule has 1 rings (SSSR count). The van der Waals surface area contributed by atoms with Gasteiger partial charge in [-0.3, -0.25) is 9.59 Å². The number of carbonyl (C=O) groups is 2. The quantitative estimate of drug-likeness (QED) is 0.640. The van der Waals surface area contributed by atoms with Crippen molar-refractivity contribution in [2.45, 2.75) is 0 Å².